The van der Waals surface area contributed by atoms with Gasteiger partial charge in [0.15, 0.2) is 0 Å². The molecule has 3 nitrogen and oxygen atoms in total. The van der Waals surface area contributed by atoms with Crippen molar-refractivity contribution in [3.05, 3.63) is 36.7 Å². The van der Waals surface area contributed by atoms with Gasteiger partial charge in [-0.2, -0.15) is 0 Å². The third-order valence-corrected chi connectivity index (χ3v) is 2.54. The zero-order valence-corrected chi connectivity index (χ0v) is 10.1. The van der Waals surface area contributed by atoms with Crippen LogP contribution < -0.4 is 4.90 Å². The normalized spacial score (nSPS) is 12.2. The maximum absolute atomic E-state index is 9.34. The molecule has 0 aromatic carbocycles. The van der Waals surface area contributed by atoms with Gasteiger partial charge in [0.25, 0.3) is 0 Å². The SMILES string of the molecule is C=CCCCN(C)c1ccc([C@@H](C)O)nc1. The molecule has 0 saturated carbocycles. The van der Waals surface area contributed by atoms with E-state index >= 15 is 0 Å². The number of unbranched alkanes of at least 4 members (excludes halogenated alkanes) is 1. The van der Waals surface area contributed by atoms with E-state index in [1.165, 1.54) is 0 Å². The Kier molecular flexibility index (Phi) is 4.99. The lowest BCUT2D eigenvalue weighted by Gasteiger charge is -2.18. The number of hydrogen-bond acceptors (Lipinski definition) is 3. The number of nitrogens with zero attached hydrogens (tertiary/aromatic N) is 2. The Hall–Kier alpha value is -1.35. The molecule has 3 heteroatoms. The molecular weight excluding hydrogens is 200 g/mol. The van der Waals surface area contributed by atoms with Crippen LogP contribution in [0.1, 0.15) is 31.6 Å². The van der Waals surface area contributed by atoms with Gasteiger partial charge in [-0.3, -0.25) is 4.98 Å². The summed E-state index contributed by atoms with van der Waals surface area (Å²) in [4.78, 5) is 6.37. The highest BCUT2D eigenvalue weighted by molar-refractivity contribution is 5.43. The van der Waals surface area contributed by atoms with Gasteiger partial charge in [0.1, 0.15) is 0 Å². The molecule has 1 rings (SSSR count). The number of allylic oxidation sites excluding steroid dienone is 1. The van der Waals surface area contributed by atoms with E-state index in [-0.39, 0.29) is 0 Å². The molecule has 16 heavy (non-hydrogen) atoms. The fraction of sp³-hybridized carbons (Fsp3) is 0.462. The summed E-state index contributed by atoms with van der Waals surface area (Å²) in [5, 5.41) is 9.34. The predicted molar refractivity (Wildman–Crippen MR) is 67.6 cm³/mol. The van der Waals surface area contributed by atoms with Crippen LogP contribution in [-0.2, 0) is 0 Å². The Morgan fingerprint density at radius 1 is 1.56 bits per heavy atom. The molecule has 1 aromatic heterocycles. The van der Waals surface area contributed by atoms with Crippen molar-refractivity contribution in [1.29, 1.82) is 0 Å². The minimum atomic E-state index is -0.500. The van der Waals surface area contributed by atoms with E-state index in [2.05, 4.69) is 16.5 Å². The fourth-order valence-corrected chi connectivity index (χ4v) is 1.47. The summed E-state index contributed by atoms with van der Waals surface area (Å²) in [5.41, 5.74) is 1.79. The molecule has 0 amide bonds. The molecule has 0 fully saturated rings. The van der Waals surface area contributed by atoms with E-state index in [1.807, 2.05) is 25.3 Å². The van der Waals surface area contributed by atoms with Crippen LogP contribution in [0.15, 0.2) is 31.0 Å². The van der Waals surface area contributed by atoms with Gasteiger partial charge in [-0.15, -0.1) is 6.58 Å². The molecule has 1 aromatic rings. The molecule has 0 radical (unpaired) electrons. The summed E-state index contributed by atoms with van der Waals surface area (Å²) in [5.74, 6) is 0. The van der Waals surface area contributed by atoms with E-state index in [1.54, 1.807) is 13.1 Å². The van der Waals surface area contributed by atoms with E-state index in [4.69, 9.17) is 0 Å². The van der Waals surface area contributed by atoms with Crippen LogP contribution in [0.5, 0.6) is 0 Å². The number of rotatable bonds is 6. The summed E-state index contributed by atoms with van der Waals surface area (Å²) < 4.78 is 0. The number of anilines is 1. The molecule has 0 aliphatic carbocycles. The quantitative estimate of drug-likeness (QED) is 0.591. The van der Waals surface area contributed by atoms with E-state index in [0.29, 0.717) is 5.69 Å². The highest BCUT2D eigenvalue weighted by atomic mass is 16.3. The molecule has 1 atom stereocenters. The molecule has 0 unspecified atom stereocenters. The number of aliphatic hydroxyl groups is 1. The molecule has 0 aliphatic heterocycles. The summed E-state index contributed by atoms with van der Waals surface area (Å²) in [6.07, 6.45) is 5.36. The fourth-order valence-electron chi connectivity index (χ4n) is 1.47. The molecule has 0 spiro atoms. The van der Waals surface area contributed by atoms with Crippen molar-refractivity contribution in [3.63, 3.8) is 0 Å². The lowest BCUT2D eigenvalue weighted by atomic mass is 10.2. The first-order chi connectivity index (χ1) is 7.65. The first kappa shape index (κ1) is 12.7. The van der Waals surface area contributed by atoms with Crippen LogP contribution in [-0.4, -0.2) is 23.7 Å². The summed E-state index contributed by atoms with van der Waals surface area (Å²) in [7, 11) is 2.04. The maximum atomic E-state index is 9.34. The van der Waals surface area contributed by atoms with E-state index < -0.39 is 6.10 Å². The standard InChI is InChI=1S/C13H20N2O/c1-4-5-6-9-15(3)12-7-8-13(11(2)16)14-10-12/h4,7-8,10-11,16H,1,5-6,9H2,2-3H3/t11-/m1/s1. The van der Waals surface area contributed by atoms with Crippen molar-refractivity contribution in [3.8, 4) is 0 Å². The number of aliphatic hydroxyl groups excluding tert-OH is 1. The van der Waals surface area contributed by atoms with Crippen molar-refractivity contribution >= 4 is 5.69 Å². The van der Waals surface area contributed by atoms with Gasteiger partial charge in [-0.25, -0.2) is 0 Å². The second kappa shape index (κ2) is 6.28. The molecule has 1 N–H and O–H groups in total. The largest absolute Gasteiger partial charge is 0.387 e. The van der Waals surface area contributed by atoms with Crippen LogP contribution in [0.4, 0.5) is 5.69 Å². The lowest BCUT2D eigenvalue weighted by Crippen LogP contribution is -2.18. The third kappa shape index (κ3) is 3.66. The third-order valence-electron chi connectivity index (χ3n) is 2.54. The van der Waals surface area contributed by atoms with Crippen molar-refractivity contribution in [2.45, 2.75) is 25.9 Å². The van der Waals surface area contributed by atoms with Crippen LogP contribution in [0.2, 0.25) is 0 Å². The Labute approximate surface area is 97.4 Å². The average molecular weight is 220 g/mol. The lowest BCUT2D eigenvalue weighted by molar-refractivity contribution is 0.194. The van der Waals surface area contributed by atoms with Crippen molar-refractivity contribution in [1.82, 2.24) is 4.98 Å². The highest BCUT2D eigenvalue weighted by Crippen LogP contribution is 2.15. The first-order valence-electron chi connectivity index (χ1n) is 5.61. The Morgan fingerprint density at radius 3 is 2.81 bits per heavy atom. The maximum Gasteiger partial charge on any atom is 0.0931 e. The highest BCUT2D eigenvalue weighted by Gasteiger charge is 2.04. The van der Waals surface area contributed by atoms with Gasteiger partial charge in [-0.1, -0.05) is 6.08 Å². The van der Waals surface area contributed by atoms with Crippen LogP contribution in [0, 0.1) is 0 Å². The average Bonchev–Trinajstić information content (AvgIpc) is 2.29. The first-order valence-corrected chi connectivity index (χ1v) is 5.61. The summed E-state index contributed by atoms with van der Waals surface area (Å²) >= 11 is 0. The number of pyridine rings is 1. The predicted octanol–water partition coefficient (Wildman–Crippen LogP) is 2.54. The molecular formula is C13H20N2O. The van der Waals surface area contributed by atoms with Gasteiger partial charge in [-0.05, 0) is 31.9 Å². The Morgan fingerprint density at radius 2 is 2.31 bits per heavy atom. The molecule has 88 valence electrons. The summed E-state index contributed by atoms with van der Waals surface area (Å²) in [6.45, 7) is 6.41. The molecule has 0 bridgehead atoms. The summed E-state index contributed by atoms with van der Waals surface area (Å²) in [6, 6.07) is 3.85. The second-order valence-electron chi connectivity index (χ2n) is 3.97. The molecule has 0 saturated heterocycles. The molecule has 1 heterocycles. The van der Waals surface area contributed by atoms with Crippen molar-refractivity contribution < 1.29 is 5.11 Å². The van der Waals surface area contributed by atoms with Crippen molar-refractivity contribution in [2.75, 3.05) is 18.5 Å². The monoisotopic (exact) mass is 220 g/mol. The zero-order chi connectivity index (χ0) is 12.0. The van der Waals surface area contributed by atoms with Gasteiger partial charge in [0.05, 0.1) is 23.7 Å². The van der Waals surface area contributed by atoms with Crippen LogP contribution >= 0.6 is 0 Å². The van der Waals surface area contributed by atoms with Gasteiger partial charge < -0.3 is 10.0 Å². The number of aromatic nitrogens is 1. The zero-order valence-electron chi connectivity index (χ0n) is 10.1. The van der Waals surface area contributed by atoms with Gasteiger partial charge in [0.2, 0.25) is 0 Å². The smallest absolute Gasteiger partial charge is 0.0931 e. The Balaban J connectivity index is 2.55. The van der Waals surface area contributed by atoms with Crippen LogP contribution in [0.3, 0.4) is 0 Å². The Bertz CT molecular complexity index is 319. The van der Waals surface area contributed by atoms with Crippen molar-refractivity contribution in [2.24, 2.45) is 0 Å². The van der Waals surface area contributed by atoms with E-state index in [0.717, 1.165) is 25.1 Å². The molecule has 0 aliphatic rings. The second-order valence-corrected chi connectivity index (χ2v) is 3.97. The van der Waals surface area contributed by atoms with E-state index in [9.17, 15) is 5.11 Å². The topological polar surface area (TPSA) is 36.4 Å². The van der Waals surface area contributed by atoms with Gasteiger partial charge >= 0.3 is 0 Å². The number of hydrogen-bond donors (Lipinski definition) is 1. The van der Waals surface area contributed by atoms with Gasteiger partial charge in [0, 0.05) is 13.6 Å². The minimum absolute atomic E-state index is 0.500. The minimum Gasteiger partial charge on any atom is -0.387 e. The van der Waals surface area contributed by atoms with Crippen LogP contribution in [0.25, 0.3) is 0 Å².